The van der Waals surface area contributed by atoms with Gasteiger partial charge in [0, 0.05) is 37.3 Å². The minimum absolute atomic E-state index is 0.164. The van der Waals surface area contributed by atoms with Crippen molar-refractivity contribution in [3.63, 3.8) is 0 Å². The molecule has 0 aromatic heterocycles. The molecule has 3 rings (SSSR count). The van der Waals surface area contributed by atoms with Gasteiger partial charge in [0.2, 0.25) is 15.9 Å². The Hall–Kier alpha value is -2.35. The molecule has 1 fully saturated rings. The number of benzene rings is 2. The minimum Gasteiger partial charge on any atom is -0.494 e. The summed E-state index contributed by atoms with van der Waals surface area (Å²) in [6, 6.07) is 13.6. The predicted octanol–water partition coefficient (Wildman–Crippen LogP) is 3.29. The van der Waals surface area contributed by atoms with Gasteiger partial charge in [0.05, 0.1) is 11.5 Å². The van der Waals surface area contributed by atoms with E-state index in [9.17, 15) is 13.2 Å². The van der Waals surface area contributed by atoms with Gasteiger partial charge in [-0.15, -0.1) is 0 Å². The molecule has 1 aliphatic heterocycles. The van der Waals surface area contributed by atoms with Crippen molar-refractivity contribution in [2.24, 2.45) is 0 Å². The Bertz CT molecular complexity index is 982. The van der Waals surface area contributed by atoms with E-state index in [4.69, 9.17) is 16.3 Å². The summed E-state index contributed by atoms with van der Waals surface area (Å²) in [6.45, 7) is 3.56. The Morgan fingerprint density at radius 1 is 1.07 bits per heavy atom. The fourth-order valence-corrected chi connectivity index (χ4v) is 4.67. The number of hydrogen-bond donors (Lipinski definition) is 0. The molecule has 1 aliphatic rings. The maximum absolute atomic E-state index is 12.8. The van der Waals surface area contributed by atoms with Gasteiger partial charge in [-0.05, 0) is 48.9 Å². The molecule has 29 heavy (non-hydrogen) atoms. The Balaban J connectivity index is 1.60. The van der Waals surface area contributed by atoms with Gasteiger partial charge in [-0.2, -0.15) is 4.31 Å². The molecule has 0 spiro atoms. The van der Waals surface area contributed by atoms with E-state index in [2.05, 4.69) is 0 Å². The Kier molecular flexibility index (Phi) is 6.95. The normalized spacial score (nSPS) is 15.6. The highest BCUT2D eigenvalue weighted by Crippen LogP contribution is 2.21. The van der Waals surface area contributed by atoms with Crippen LogP contribution in [0.25, 0.3) is 6.08 Å². The highest BCUT2D eigenvalue weighted by atomic mass is 35.5. The Labute approximate surface area is 176 Å². The summed E-state index contributed by atoms with van der Waals surface area (Å²) in [5, 5.41) is 0.572. The zero-order chi connectivity index (χ0) is 20.9. The number of halogens is 1. The average molecular weight is 435 g/mol. The fraction of sp³-hybridized carbons (Fsp3) is 0.286. The van der Waals surface area contributed by atoms with E-state index < -0.39 is 10.0 Å². The third-order valence-corrected chi connectivity index (χ3v) is 6.89. The number of rotatable bonds is 6. The number of piperazine rings is 1. The lowest BCUT2D eigenvalue weighted by Gasteiger charge is -2.33. The molecule has 0 saturated carbocycles. The van der Waals surface area contributed by atoms with Crippen molar-refractivity contribution in [3.8, 4) is 5.75 Å². The molecule has 0 aliphatic carbocycles. The van der Waals surface area contributed by atoms with Crippen molar-refractivity contribution in [3.05, 3.63) is 65.2 Å². The Morgan fingerprint density at radius 2 is 1.72 bits per heavy atom. The summed E-state index contributed by atoms with van der Waals surface area (Å²) >= 11 is 6.09. The van der Waals surface area contributed by atoms with Gasteiger partial charge in [-0.25, -0.2) is 8.42 Å². The van der Waals surface area contributed by atoms with Crippen LogP contribution in [0.2, 0.25) is 5.02 Å². The third-order valence-electron chi connectivity index (χ3n) is 4.63. The van der Waals surface area contributed by atoms with E-state index in [-0.39, 0.29) is 23.9 Å². The highest BCUT2D eigenvalue weighted by molar-refractivity contribution is 7.89. The molecule has 1 heterocycles. The van der Waals surface area contributed by atoms with Crippen molar-refractivity contribution in [2.45, 2.75) is 11.8 Å². The lowest BCUT2D eigenvalue weighted by Crippen LogP contribution is -2.50. The van der Waals surface area contributed by atoms with Crippen LogP contribution < -0.4 is 4.74 Å². The summed E-state index contributed by atoms with van der Waals surface area (Å²) in [5.41, 5.74) is 0.763. The zero-order valence-electron chi connectivity index (χ0n) is 16.1. The van der Waals surface area contributed by atoms with Gasteiger partial charge >= 0.3 is 0 Å². The van der Waals surface area contributed by atoms with Crippen LogP contribution in [0.15, 0.2) is 59.5 Å². The molecule has 0 radical (unpaired) electrons. The largest absolute Gasteiger partial charge is 0.494 e. The first kappa shape index (κ1) is 21.4. The molecule has 1 saturated heterocycles. The summed E-state index contributed by atoms with van der Waals surface area (Å²) in [6.07, 6.45) is 3.14. The van der Waals surface area contributed by atoms with Crippen LogP contribution in [0.3, 0.4) is 0 Å². The number of ether oxygens (including phenoxy) is 1. The first-order chi connectivity index (χ1) is 13.9. The molecular weight excluding hydrogens is 412 g/mol. The molecule has 0 atom stereocenters. The first-order valence-electron chi connectivity index (χ1n) is 9.36. The lowest BCUT2D eigenvalue weighted by molar-refractivity contribution is -0.127. The van der Waals surface area contributed by atoms with Crippen LogP contribution in [-0.4, -0.2) is 56.3 Å². The number of hydrogen-bond acceptors (Lipinski definition) is 4. The van der Waals surface area contributed by atoms with Gasteiger partial charge in [0.25, 0.3) is 0 Å². The van der Waals surface area contributed by atoms with Crippen molar-refractivity contribution in [1.82, 2.24) is 9.21 Å². The SMILES string of the molecule is CCOc1ccc(S(=O)(=O)N2CCN(C(=O)/C=C/c3ccccc3Cl)CC2)cc1. The van der Waals surface area contributed by atoms with Crippen molar-refractivity contribution < 1.29 is 17.9 Å². The van der Waals surface area contributed by atoms with Crippen LogP contribution in [0.1, 0.15) is 12.5 Å². The highest BCUT2D eigenvalue weighted by Gasteiger charge is 2.29. The van der Waals surface area contributed by atoms with E-state index >= 15 is 0 Å². The lowest BCUT2D eigenvalue weighted by atomic mass is 10.2. The summed E-state index contributed by atoms with van der Waals surface area (Å²) in [4.78, 5) is 14.3. The van der Waals surface area contributed by atoms with E-state index in [0.717, 1.165) is 5.56 Å². The molecule has 8 heteroatoms. The van der Waals surface area contributed by atoms with E-state index in [0.29, 0.717) is 30.5 Å². The van der Waals surface area contributed by atoms with Crippen molar-refractivity contribution in [2.75, 3.05) is 32.8 Å². The zero-order valence-corrected chi connectivity index (χ0v) is 17.7. The van der Waals surface area contributed by atoms with Crippen molar-refractivity contribution >= 4 is 33.6 Å². The molecule has 0 bridgehead atoms. The molecule has 6 nitrogen and oxygen atoms in total. The number of carbonyl (C=O) groups is 1. The molecule has 2 aromatic rings. The maximum Gasteiger partial charge on any atom is 0.246 e. The van der Waals surface area contributed by atoms with Crippen LogP contribution in [0.4, 0.5) is 0 Å². The second kappa shape index (κ2) is 9.43. The van der Waals surface area contributed by atoms with E-state index in [1.54, 1.807) is 41.3 Å². The minimum atomic E-state index is -3.60. The molecule has 0 N–H and O–H groups in total. The quantitative estimate of drug-likeness (QED) is 0.654. The summed E-state index contributed by atoms with van der Waals surface area (Å²) < 4.78 is 32.4. The third kappa shape index (κ3) is 5.18. The number of carbonyl (C=O) groups excluding carboxylic acids is 1. The van der Waals surface area contributed by atoms with Crippen LogP contribution in [0, 0.1) is 0 Å². The van der Waals surface area contributed by atoms with Crippen LogP contribution >= 0.6 is 11.6 Å². The molecule has 0 unspecified atom stereocenters. The van der Waals surface area contributed by atoms with E-state index in [1.807, 2.05) is 25.1 Å². The number of nitrogens with zero attached hydrogens (tertiary/aromatic N) is 2. The number of sulfonamides is 1. The van der Waals surface area contributed by atoms with Gasteiger partial charge in [-0.1, -0.05) is 29.8 Å². The van der Waals surface area contributed by atoms with Crippen LogP contribution in [-0.2, 0) is 14.8 Å². The van der Waals surface area contributed by atoms with Gasteiger partial charge in [-0.3, -0.25) is 4.79 Å². The van der Waals surface area contributed by atoms with Gasteiger partial charge < -0.3 is 9.64 Å². The molecule has 154 valence electrons. The first-order valence-corrected chi connectivity index (χ1v) is 11.2. The topological polar surface area (TPSA) is 66.9 Å². The van der Waals surface area contributed by atoms with Crippen molar-refractivity contribution in [1.29, 1.82) is 0 Å². The van der Waals surface area contributed by atoms with Gasteiger partial charge in [0.1, 0.15) is 5.75 Å². The standard InChI is InChI=1S/C21H23ClN2O4S/c1-2-28-18-8-10-19(11-9-18)29(26,27)24-15-13-23(14-16-24)21(25)12-7-17-5-3-4-6-20(17)22/h3-12H,2,13-16H2,1H3/b12-7+. The molecule has 1 amide bonds. The Morgan fingerprint density at radius 3 is 2.34 bits per heavy atom. The second-order valence-electron chi connectivity index (χ2n) is 6.49. The van der Waals surface area contributed by atoms with Crippen LogP contribution in [0.5, 0.6) is 5.75 Å². The van der Waals surface area contributed by atoms with E-state index in [1.165, 1.54) is 10.4 Å². The average Bonchev–Trinajstić information content (AvgIpc) is 2.74. The monoisotopic (exact) mass is 434 g/mol. The second-order valence-corrected chi connectivity index (χ2v) is 8.83. The molecule has 2 aromatic carbocycles. The van der Waals surface area contributed by atoms with Gasteiger partial charge in [0.15, 0.2) is 0 Å². The summed E-state index contributed by atoms with van der Waals surface area (Å²) in [5.74, 6) is 0.468. The summed E-state index contributed by atoms with van der Waals surface area (Å²) in [7, 11) is -3.60. The number of amides is 1. The fourth-order valence-electron chi connectivity index (χ4n) is 3.05. The predicted molar refractivity (Wildman–Crippen MR) is 113 cm³/mol. The maximum atomic E-state index is 12.8. The molecular formula is C21H23ClN2O4S. The smallest absolute Gasteiger partial charge is 0.246 e.